The van der Waals surface area contributed by atoms with Crippen LogP contribution in [0, 0.1) is 0 Å². The van der Waals surface area contributed by atoms with Gasteiger partial charge in [0, 0.05) is 5.57 Å². The number of allylic oxidation sites excluding steroid dienone is 6. The zero-order valence-corrected chi connectivity index (χ0v) is 11.9. The quantitative estimate of drug-likeness (QED) is 0.354. The summed E-state index contributed by atoms with van der Waals surface area (Å²) in [5, 5.41) is 0. The van der Waals surface area contributed by atoms with E-state index in [1.165, 1.54) is 0 Å². The minimum absolute atomic E-state index is 0.500. The molecule has 0 aromatic rings. The molecule has 2 heteroatoms. The molecule has 0 bridgehead atoms. The minimum atomic E-state index is 0.500. The molecule has 0 atom stereocenters. The second-order valence-electron chi connectivity index (χ2n) is 3.67. The van der Waals surface area contributed by atoms with Gasteiger partial charge in [0.2, 0.25) is 0 Å². The molecule has 0 aliphatic carbocycles. The van der Waals surface area contributed by atoms with E-state index in [0.717, 1.165) is 17.6 Å². The third-order valence-corrected chi connectivity index (χ3v) is 2.41. The molecule has 0 fully saturated rings. The largest absolute Gasteiger partial charge is 0.245 e. The molecule has 0 N–H and O–H groups in total. The molecule has 0 saturated heterocycles. The highest BCUT2D eigenvalue weighted by Crippen LogP contribution is 2.16. The van der Waals surface area contributed by atoms with Gasteiger partial charge in [-0.1, -0.05) is 63.1 Å². The Balaban J connectivity index is 5.43. The van der Waals surface area contributed by atoms with Gasteiger partial charge in [0.05, 0.1) is 5.70 Å². The predicted octanol–water partition coefficient (Wildman–Crippen LogP) is 4.81. The number of nitrogens with zero attached hydrogens (tertiary/aromatic N) is 2. The van der Waals surface area contributed by atoms with Crippen LogP contribution in [0.25, 0.3) is 0 Å². The fourth-order valence-electron chi connectivity index (χ4n) is 1.38. The van der Waals surface area contributed by atoms with Gasteiger partial charge in [0.25, 0.3) is 0 Å². The zero-order valence-electron chi connectivity index (χ0n) is 11.9. The highest BCUT2D eigenvalue weighted by molar-refractivity contribution is 6.04. The van der Waals surface area contributed by atoms with Crippen LogP contribution in [0.15, 0.2) is 83.0 Å². The Bertz CT molecular complexity index is 471. The van der Waals surface area contributed by atoms with Crippen LogP contribution in [0.2, 0.25) is 0 Å². The Morgan fingerprint density at radius 2 is 1.89 bits per heavy atom. The Kier molecular flexibility index (Phi) is 8.63. The van der Waals surface area contributed by atoms with E-state index in [9.17, 15) is 0 Å². The molecule has 0 unspecified atom stereocenters. The van der Waals surface area contributed by atoms with Gasteiger partial charge < -0.3 is 0 Å². The molecular weight excluding hydrogens is 232 g/mol. The predicted molar refractivity (Wildman–Crippen MR) is 87.8 cm³/mol. The van der Waals surface area contributed by atoms with Gasteiger partial charge in [-0.2, -0.15) is 0 Å². The molecule has 19 heavy (non-hydrogen) atoms. The molecule has 0 amide bonds. The van der Waals surface area contributed by atoms with Gasteiger partial charge in [0.1, 0.15) is 0 Å². The monoisotopic (exact) mass is 254 g/mol. The summed E-state index contributed by atoms with van der Waals surface area (Å²) in [6.07, 6.45) is 11.9. The summed E-state index contributed by atoms with van der Waals surface area (Å²) in [6.45, 7) is 18.9. The molecule has 0 aromatic carbocycles. The number of rotatable bonds is 7. The van der Waals surface area contributed by atoms with E-state index in [2.05, 4.69) is 43.4 Å². The number of hydrogen-bond donors (Lipinski definition) is 0. The molecule has 0 rings (SSSR count). The van der Waals surface area contributed by atoms with Crippen molar-refractivity contribution in [2.45, 2.75) is 20.3 Å². The van der Waals surface area contributed by atoms with Crippen LogP contribution >= 0.6 is 0 Å². The van der Waals surface area contributed by atoms with Crippen LogP contribution in [0.5, 0.6) is 0 Å². The maximum Gasteiger partial charge on any atom is 0.159 e. The third-order valence-electron chi connectivity index (χ3n) is 2.41. The van der Waals surface area contributed by atoms with Crippen molar-refractivity contribution in [2.24, 2.45) is 9.98 Å². The molecule has 0 aromatic heterocycles. The van der Waals surface area contributed by atoms with Crippen LogP contribution in [0.3, 0.4) is 0 Å². The Morgan fingerprint density at radius 1 is 1.21 bits per heavy atom. The summed E-state index contributed by atoms with van der Waals surface area (Å²) >= 11 is 0. The van der Waals surface area contributed by atoms with Crippen LogP contribution in [-0.2, 0) is 0 Å². The first kappa shape index (κ1) is 16.8. The lowest BCUT2D eigenvalue weighted by Crippen LogP contribution is -1.98. The van der Waals surface area contributed by atoms with Crippen LogP contribution in [-0.4, -0.2) is 12.6 Å². The van der Waals surface area contributed by atoms with E-state index in [4.69, 9.17) is 0 Å². The summed E-state index contributed by atoms with van der Waals surface area (Å²) in [7, 11) is 0. The summed E-state index contributed by atoms with van der Waals surface area (Å²) in [6, 6.07) is 0. The standard InChI is InChI=1S/C17H22N2/c1-7-11-13-15(9-3)14(5)19-17(18-6)16(10-4)12-8-2/h7-8,10-13H,2,4-6,9H2,1,3H3/b11-7-,15-13+,16-12+,19-17?. The molecule has 0 saturated carbocycles. The van der Waals surface area contributed by atoms with Crippen molar-refractivity contribution in [2.75, 3.05) is 0 Å². The summed E-state index contributed by atoms with van der Waals surface area (Å²) < 4.78 is 0. The Morgan fingerprint density at radius 3 is 2.32 bits per heavy atom. The van der Waals surface area contributed by atoms with Crippen molar-refractivity contribution in [1.82, 2.24) is 0 Å². The first-order valence-corrected chi connectivity index (χ1v) is 6.16. The lowest BCUT2D eigenvalue weighted by atomic mass is 10.1. The van der Waals surface area contributed by atoms with Gasteiger partial charge >= 0.3 is 0 Å². The molecule has 0 heterocycles. The van der Waals surface area contributed by atoms with Crippen molar-refractivity contribution in [3.8, 4) is 0 Å². The Labute approximate surface area is 116 Å². The van der Waals surface area contributed by atoms with E-state index >= 15 is 0 Å². The molecule has 100 valence electrons. The maximum absolute atomic E-state index is 4.41. The number of hydrogen-bond acceptors (Lipinski definition) is 1. The SMILES string of the molecule is C=C/C=C(\C=C)C(N=C)=NC(=C)/C(=C/C=C\C)CC. The summed E-state index contributed by atoms with van der Waals surface area (Å²) in [5.74, 6) is 0.500. The van der Waals surface area contributed by atoms with Crippen molar-refractivity contribution in [1.29, 1.82) is 0 Å². The lowest BCUT2D eigenvalue weighted by Gasteiger charge is -2.06. The van der Waals surface area contributed by atoms with E-state index in [1.807, 2.05) is 25.2 Å². The second-order valence-corrected chi connectivity index (χ2v) is 3.67. The molecule has 0 aliphatic heterocycles. The molecule has 2 nitrogen and oxygen atoms in total. The molecule has 0 aliphatic rings. The van der Waals surface area contributed by atoms with Gasteiger partial charge in [-0.15, -0.1) is 0 Å². The normalized spacial score (nSPS) is 13.5. The first-order valence-electron chi connectivity index (χ1n) is 6.16. The van der Waals surface area contributed by atoms with E-state index in [-0.39, 0.29) is 0 Å². The van der Waals surface area contributed by atoms with Crippen molar-refractivity contribution < 1.29 is 0 Å². The molecule has 0 radical (unpaired) electrons. The van der Waals surface area contributed by atoms with Gasteiger partial charge in [-0.3, -0.25) is 0 Å². The fraction of sp³-hybridized carbons (Fsp3) is 0.176. The lowest BCUT2D eigenvalue weighted by molar-refractivity contribution is 1.09. The van der Waals surface area contributed by atoms with Crippen molar-refractivity contribution in [3.05, 3.63) is 73.0 Å². The van der Waals surface area contributed by atoms with Crippen molar-refractivity contribution >= 4 is 12.6 Å². The average molecular weight is 254 g/mol. The van der Waals surface area contributed by atoms with Crippen LogP contribution < -0.4 is 0 Å². The average Bonchev–Trinajstić information content (AvgIpc) is 2.43. The summed E-state index contributed by atoms with van der Waals surface area (Å²) in [5.41, 5.74) is 2.51. The topological polar surface area (TPSA) is 24.7 Å². The Hall–Kier alpha value is -2.22. The third kappa shape index (κ3) is 5.77. The van der Waals surface area contributed by atoms with Crippen molar-refractivity contribution in [3.63, 3.8) is 0 Å². The van der Waals surface area contributed by atoms with E-state index in [0.29, 0.717) is 11.5 Å². The minimum Gasteiger partial charge on any atom is -0.245 e. The summed E-state index contributed by atoms with van der Waals surface area (Å²) in [4.78, 5) is 8.33. The molecule has 0 spiro atoms. The van der Waals surface area contributed by atoms with Crippen LogP contribution in [0.4, 0.5) is 0 Å². The van der Waals surface area contributed by atoms with Gasteiger partial charge in [0.15, 0.2) is 5.84 Å². The second kappa shape index (κ2) is 9.77. The maximum atomic E-state index is 4.41. The molecular formula is C17H22N2. The highest BCUT2D eigenvalue weighted by atomic mass is 14.9. The van der Waals surface area contributed by atoms with Crippen LogP contribution in [0.1, 0.15) is 20.3 Å². The smallest absolute Gasteiger partial charge is 0.159 e. The van der Waals surface area contributed by atoms with Gasteiger partial charge in [-0.25, -0.2) is 9.98 Å². The number of aliphatic imine (C=N–C) groups is 2. The zero-order chi connectivity index (χ0) is 14.7. The highest BCUT2D eigenvalue weighted by Gasteiger charge is 2.03. The number of amidine groups is 1. The van der Waals surface area contributed by atoms with E-state index in [1.54, 1.807) is 18.2 Å². The van der Waals surface area contributed by atoms with Gasteiger partial charge in [-0.05, 0) is 25.6 Å². The first-order chi connectivity index (χ1) is 9.14. The van der Waals surface area contributed by atoms with E-state index < -0.39 is 0 Å². The fourth-order valence-corrected chi connectivity index (χ4v) is 1.38.